The van der Waals surface area contributed by atoms with Crippen LogP contribution in [-0.2, 0) is 0 Å². The maximum absolute atomic E-state index is 2.74. The van der Waals surface area contributed by atoms with Gasteiger partial charge in [-0.2, -0.15) is 0 Å². The molecule has 0 aliphatic heterocycles. The molecule has 0 spiro atoms. The van der Waals surface area contributed by atoms with Gasteiger partial charge < -0.3 is 0 Å². The monoisotopic (exact) mass is 545 g/mol. The van der Waals surface area contributed by atoms with Crippen LogP contribution in [0.5, 0.6) is 0 Å². The fraction of sp³-hybridized carbons (Fsp3) is 0. The Morgan fingerprint density at radius 2 is 1.25 bits per heavy atom. The van der Waals surface area contributed by atoms with Crippen molar-refractivity contribution in [3.8, 4) is 0 Å². The van der Waals surface area contributed by atoms with Crippen molar-refractivity contribution in [1.82, 2.24) is 0 Å². The molecule has 0 fully saturated rings. The van der Waals surface area contributed by atoms with Gasteiger partial charge >= 0.3 is 81.5 Å². The molecule has 0 aliphatic rings. The summed E-state index contributed by atoms with van der Waals surface area (Å²) in [4.78, 5) is 0. The molecular formula is H5BiSbSeTe. The molecule has 4 heavy (non-hydrogen) atoms. The van der Waals surface area contributed by atoms with Gasteiger partial charge in [-0.1, -0.05) is 0 Å². The fourth-order valence-corrected chi connectivity index (χ4v) is 0. The van der Waals surface area contributed by atoms with Crippen molar-refractivity contribution in [2.24, 2.45) is 0 Å². The van der Waals surface area contributed by atoms with Gasteiger partial charge in [0.05, 0.1) is 0 Å². The molecule has 0 aromatic rings. The molecule has 27 valence electrons. The zero-order chi connectivity index (χ0) is 2.00. The van der Waals surface area contributed by atoms with Gasteiger partial charge in [-0.3, -0.25) is 0 Å². The summed E-state index contributed by atoms with van der Waals surface area (Å²) in [5, 5.41) is 0. The third-order valence-electron chi connectivity index (χ3n) is 0. The van der Waals surface area contributed by atoms with Crippen molar-refractivity contribution in [2.45, 2.75) is 0 Å². The number of hydrogen-bond donors (Lipinski definition) is 0. The van der Waals surface area contributed by atoms with Gasteiger partial charge in [0.25, 0.3) is 0 Å². The van der Waals surface area contributed by atoms with Crippen molar-refractivity contribution in [3.05, 3.63) is 0 Å². The van der Waals surface area contributed by atoms with Crippen LogP contribution in [0, 0.1) is 0 Å². The molecule has 0 aromatic carbocycles. The van der Waals surface area contributed by atoms with E-state index in [0.717, 1.165) is 0 Å². The average molecular weight is 542 g/mol. The van der Waals surface area contributed by atoms with Crippen molar-refractivity contribution in [2.75, 3.05) is 0 Å². The third-order valence-corrected chi connectivity index (χ3v) is 0. The van der Waals surface area contributed by atoms with Crippen LogP contribution in [0.4, 0.5) is 0 Å². The molecule has 0 saturated carbocycles. The standard InChI is InChI=1S/Bi.Sb.Se.H2Te.3H/h;;;1H2;;;. The predicted octanol–water partition coefficient (Wildman–Crippen LogP) is -2.86. The van der Waals surface area contributed by atoms with Gasteiger partial charge in [-0.05, 0) is 0 Å². The SMILES string of the molecule is [SbH3].[Se]=[Bi].[TeH2]. The minimum absolute atomic E-state index is 0. The summed E-state index contributed by atoms with van der Waals surface area (Å²) in [6, 6.07) is 0. The van der Waals surface area contributed by atoms with Gasteiger partial charge in [0.1, 0.15) is 0 Å². The summed E-state index contributed by atoms with van der Waals surface area (Å²) >= 11 is 4.06. The van der Waals surface area contributed by atoms with E-state index in [2.05, 4.69) is 11.7 Å². The molecule has 0 rings (SSSR count). The maximum atomic E-state index is 2.74. The van der Waals surface area contributed by atoms with E-state index in [1.807, 2.05) is 0 Å². The average Bonchev–Trinajstić information content (AvgIpc) is 1.00. The van der Waals surface area contributed by atoms with E-state index in [0.29, 0.717) is 0 Å². The summed E-state index contributed by atoms with van der Waals surface area (Å²) in [7, 11) is 0. The van der Waals surface area contributed by atoms with Crippen LogP contribution in [0.3, 0.4) is 0 Å². The fourth-order valence-electron chi connectivity index (χ4n) is 0. The first-order valence-corrected chi connectivity index (χ1v) is 8.32. The second-order valence-corrected chi connectivity index (χ2v) is 0. The topological polar surface area (TPSA) is 0 Å². The van der Waals surface area contributed by atoms with Crippen molar-refractivity contribution >= 4 is 81.5 Å². The number of hydrogen-bond acceptors (Lipinski definition) is 0. The van der Waals surface area contributed by atoms with E-state index >= 15 is 0 Å². The molecule has 0 aliphatic carbocycles. The van der Waals surface area contributed by atoms with Gasteiger partial charge in [0.2, 0.25) is 0 Å². The second kappa shape index (κ2) is 16.6. The Kier molecular flexibility index (Phi) is 65.5. The van der Waals surface area contributed by atoms with Crippen LogP contribution in [0.15, 0.2) is 0 Å². The zero-order valence-corrected chi connectivity index (χ0v) is 14.1. The summed E-state index contributed by atoms with van der Waals surface area (Å²) < 4.78 is 0. The Hall–Kier alpha value is 3.01. The number of rotatable bonds is 0. The Morgan fingerprint density at radius 3 is 1.25 bits per heavy atom. The molecule has 0 saturated heterocycles. The molecule has 0 aromatic heterocycles. The van der Waals surface area contributed by atoms with Crippen molar-refractivity contribution in [3.63, 3.8) is 0 Å². The van der Waals surface area contributed by atoms with Crippen LogP contribution >= 0.6 is 0 Å². The summed E-state index contributed by atoms with van der Waals surface area (Å²) in [5.41, 5.74) is 0. The first-order valence-electron chi connectivity index (χ1n) is 0.183. The Balaban J connectivity index is -0.00000000500. The van der Waals surface area contributed by atoms with E-state index in [9.17, 15) is 0 Å². The summed E-state index contributed by atoms with van der Waals surface area (Å²) in [6.07, 6.45) is 0. The molecule has 0 N–H and O–H groups in total. The van der Waals surface area contributed by atoms with E-state index < -0.39 is 0 Å². The molecule has 0 unspecified atom stereocenters. The Morgan fingerprint density at radius 1 is 1.25 bits per heavy atom. The molecular weight excluding hydrogens is 537 g/mol. The molecule has 0 amide bonds. The summed E-state index contributed by atoms with van der Waals surface area (Å²) in [5.74, 6) is 0. The van der Waals surface area contributed by atoms with Crippen LogP contribution in [-0.4, -0.2) is 81.5 Å². The van der Waals surface area contributed by atoms with Crippen LogP contribution in [0.2, 0.25) is 0 Å². The molecule has 0 nitrogen and oxygen atoms in total. The van der Waals surface area contributed by atoms with Gasteiger partial charge in [0.15, 0.2) is 0 Å². The molecule has 1 radical (unpaired) electrons. The van der Waals surface area contributed by atoms with E-state index in [1.165, 1.54) is 21.7 Å². The molecule has 0 atom stereocenters. The third kappa shape index (κ3) is 8.89. The first-order chi connectivity index (χ1) is 1.00. The van der Waals surface area contributed by atoms with E-state index in [-0.39, 0.29) is 48.1 Å². The second-order valence-electron chi connectivity index (χ2n) is 0. The molecule has 0 bridgehead atoms. The summed E-state index contributed by atoms with van der Waals surface area (Å²) in [6.45, 7) is 0. The van der Waals surface area contributed by atoms with E-state index in [1.54, 1.807) is 0 Å². The van der Waals surface area contributed by atoms with Gasteiger partial charge in [-0.25, -0.2) is 0 Å². The van der Waals surface area contributed by atoms with Crippen molar-refractivity contribution < 1.29 is 0 Å². The van der Waals surface area contributed by atoms with E-state index in [4.69, 9.17) is 0 Å². The van der Waals surface area contributed by atoms with Crippen molar-refractivity contribution in [1.29, 1.82) is 0 Å². The Labute approximate surface area is 79.8 Å². The van der Waals surface area contributed by atoms with Crippen LogP contribution in [0.1, 0.15) is 0 Å². The normalized spacial score (nSPS) is 1.00. The minimum atomic E-state index is 0. The Bertz CT molecular complexity index is 8.00. The van der Waals surface area contributed by atoms with Crippen LogP contribution < -0.4 is 0 Å². The molecule has 4 heteroatoms. The molecule has 0 heterocycles. The van der Waals surface area contributed by atoms with Gasteiger partial charge in [-0.15, -0.1) is 0 Å². The quantitative estimate of drug-likeness (QED) is 0.289. The first kappa shape index (κ1) is 15.7. The predicted molar refractivity (Wildman–Crippen MR) is 30.0 cm³/mol. The zero-order valence-electron chi connectivity index (χ0n) is 2.06. The van der Waals surface area contributed by atoms with Crippen LogP contribution in [0.25, 0.3) is 0 Å². The van der Waals surface area contributed by atoms with Gasteiger partial charge in [0, 0.05) is 0 Å².